The highest BCUT2D eigenvalue weighted by Crippen LogP contribution is 2.43. The standard InChI is InChI=1S/C14H18BrF3N2O2.2ClH/c1-21-10-7-9(8-11(22-2)12(10)15)13(14(16,17)18)20-5-3-19-4-6-20;;/h7-8,13,19H,3-6H2,1-2H3;2*1H/t13-;;/m0../s1. The first-order valence-corrected chi connectivity index (χ1v) is 7.60. The van der Waals surface area contributed by atoms with E-state index in [0.717, 1.165) is 0 Å². The van der Waals surface area contributed by atoms with E-state index in [0.29, 0.717) is 42.2 Å². The molecule has 140 valence electrons. The number of benzene rings is 1. The lowest BCUT2D eigenvalue weighted by Crippen LogP contribution is -2.49. The third-order valence-corrected chi connectivity index (χ3v) is 4.39. The van der Waals surface area contributed by atoms with Crippen molar-refractivity contribution in [2.75, 3.05) is 40.4 Å². The Morgan fingerprint density at radius 3 is 1.92 bits per heavy atom. The van der Waals surface area contributed by atoms with Gasteiger partial charge in [-0.15, -0.1) is 24.8 Å². The van der Waals surface area contributed by atoms with Crippen LogP contribution in [-0.4, -0.2) is 51.5 Å². The number of rotatable bonds is 4. The first kappa shape index (κ1) is 23.6. The zero-order valence-corrected chi connectivity index (χ0v) is 16.4. The average molecular weight is 456 g/mol. The largest absolute Gasteiger partial charge is 0.495 e. The van der Waals surface area contributed by atoms with Gasteiger partial charge in [0.1, 0.15) is 22.0 Å². The van der Waals surface area contributed by atoms with Crippen molar-refractivity contribution in [2.24, 2.45) is 0 Å². The van der Waals surface area contributed by atoms with Crippen molar-refractivity contribution in [3.05, 3.63) is 22.2 Å². The van der Waals surface area contributed by atoms with Gasteiger partial charge < -0.3 is 14.8 Å². The highest BCUT2D eigenvalue weighted by Gasteiger charge is 2.45. The molecule has 1 atom stereocenters. The summed E-state index contributed by atoms with van der Waals surface area (Å²) < 4.78 is 51.6. The van der Waals surface area contributed by atoms with E-state index >= 15 is 0 Å². The minimum atomic E-state index is -4.37. The Morgan fingerprint density at radius 1 is 1.08 bits per heavy atom. The molecule has 0 unspecified atom stereocenters. The maximum Gasteiger partial charge on any atom is 0.408 e. The molecule has 1 aromatic carbocycles. The monoisotopic (exact) mass is 454 g/mol. The molecule has 1 aliphatic heterocycles. The molecule has 2 rings (SSSR count). The van der Waals surface area contributed by atoms with Crippen LogP contribution in [0.1, 0.15) is 11.6 Å². The zero-order chi connectivity index (χ0) is 16.3. The van der Waals surface area contributed by atoms with Crippen LogP contribution in [-0.2, 0) is 0 Å². The summed E-state index contributed by atoms with van der Waals surface area (Å²) in [5, 5.41) is 3.06. The molecule has 10 heteroatoms. The van der Waals surface area contributed by atoms with E-state index < -0.39 is 12.2 Å². The Kier molecular flexibility index (Phi) is 9.74. The number of piperazine rings is 1. The molecule has 0 saturated carbocycles. The fraction of sp³-hybridized carbons (Fsp3) is 0.571. The van der Waals surface area contributed by atoms with Gasteiger partial charge in [-0.1, -0.05) is 0 Å². The van der Waals surface area contributed by atoms with Crippen LogP contribution in [0.4, 0.5) is 13.2 Å². The molecule has 1 saturated heterocycles. The summed E-state index contributed by atoms with van der Waals surface area (Å²) in [5.74, 6) is 0.637. The van der Waals surface area contributed by atoms with E-state index in [1.54, 1.807) is 0 Å². The number of methoxy groups -OCH3 is 2. The molecule has 0 aliphatic carbocycles. The van der Waals surface area contributed by atoms with E-state index in [-0.39, 0.29) is 30.4 Å². The number of hydrogen-bond acceptors (Lipinski definition) is 4. The predicted octanol–water partition coefficient (Wildman–Crippen LogP) is 3.82. The first-order chi connectivity index (χ1) is 10.4. The van der Waals surface area contributed by atoms with Crippen LogP contribution < -0.4 is 14.8 Å². The maximum atomic E-state index is 13.6. The van der Waals surface area contributed by atoms with E-state index in [2.05, 4.69) is 21.2 Å². The normalized spacial score (nSPS) is 16.6. The number of alkyl halides is 3. The van der Waals surface area contributed by atoms with Crippen molar-refractivity contribution in [3.8, 4) is 11.5 Å². The van der Waals surface area contributed by atoms with E-state index in [1.807, 2.05) is 0 Å². The van der Waals surface area contributed by atoms with Crippen LogP contribution in [0.15, 0.2) is 16.6 Å². The second-order valence-electron chi connectivity index (χ2n) is 4.97. The minimum Gasteiger partial charge on any atom is -0.495 e. The van der Waals surface area contributed by atoms with Gasteiger partial charge in [0.25, 0.3) is 0 Å². The molecule has 0 radical (unpaired) electrons. The van der Waals surface area contributed by atoms with Gasteiger partial charge in [0.2, 0.25) is 0 Å². The van der Waals surface area contributed by atoms with Gasteiger partial charge in [-0.3, -0.25) is 4.90 Å². The van der Waals surface area contributed by atoms with Crippen LogP contribution in [0.3, 0.4) is 0 Å². The Bertz CT molecular complexity index is 504. The SMILES string of the molecule is COc1cc([C@H](N2CCNCC2)C(F)(F)F)cc(OC)c1Br.Cl.Cl. The lowest BCUT2D eigenvalue weighted by atomic mass is 10.0. The molecule has 24 heavy (non-hydrogen) atoms. The highest BCUT2D eigenvalue weighted by atomic mass is 79.9. The van der Waals surface area contributed by atoms with E-state index in [4.69, 9.17) is 9.47 Å². The fourth-order valence-corrected chi connectivity index (χ4v) is 3.15. The molecule has 4 nitrogen and oxygen atoms in total. The Morgan fingerprint density at radius 2 is 1.54 bits per heavy atom. The molecule has 1 N–H and O–H groups in total. The molecular weight excluding hydrogens is 436 g/mol. The third kappa shape index (κ3) is 5.29. The van der Waals surface area contributed by atoms with E-state index in [9.17, 15) is 13.2 Å². The van der Waals surface area contributed by atoms with Crippen molar-refractivity contribution < 1.29 is 22.6 Å². The molecule has 0 bridgehead atoms. The third-order valence-electron chi connectivity index (χ3n) is 3.61. The van der Waals surface area contributed by atoms with Crippen molar-refractivity contribution in [2.45, 2.75) is 12.2 Å². The van der Waals surface area contributed by atoms with Crippen LogP contribution in [0.25, 0.3) is 0 Å². The molecule has 1 aliphatic rings. The molecule has 0 amide bonds. The molecule has 0 spiro atoms. The summed E-state index contributed by atoms with van der Waals surface area (Å²) in [5.41, 5.74) is 0.117. The minimum absolute atomic E-state index is 0. The Hall–Kier alpha value is -0.410. The molecule has 1 aromatic rings. The van der Waals surface area contributed by atoms with E-state index in [1.165, 1.54) is 31.3 Å². The van der Waals surface area contributed by atoms with Gasteiger partial charge >= 0.3 is 6.18 Å². The number of nitrogens with one attached hydrogen (secondary N) is 1. The predicted molar refractivity (Wildman–Crippen MR) is 95.0 cm³/mol. The zero-order valence-electron chi connectivity index (χ0n) is 13.2. The van der Waals surface area contributed by atoms with Crippen molar-refractivity contribution in [3.63, 3.8) is 0 Å². The second kappa shape index (κ2) is 9.91. The Labute approximate surface area is 160 Å². The fourth-order valence-electron chi connectivity index (χ4n) is 2.59. The van der Waals surface area contributed by atoms with Crippen molar-refractivity contribution >= 4 is 40.7 Å². The molecule has 1 heterocycles. The van der Waals surface area contributed by atoms with Crippen LogP contribution >= 0.6 is 40.7 Å². The average Bonchev–Trinajstić information content (AvgIpc) is 2.48. The van der Waals surface area contributed by atoms with Crippen LogP contribution in [0.5, 0.6) is 11.5 Å². The number of halogens is 6. The van der Waals surface area contributed by atoms with Crippen LogP contribution in [0, 0.1) is 0 Å². The van der Waals surface area contributed by atoms with Gasteiger partial charge in [-0.2, -0.15) is 13.2 Å². The van der Waals surface area contributed by atoms with Gasteiger partial charge in [-0.05, 0) is 33.6 Å². The summed E-state index contributed by atoms with van der Waals surface area (Å²) in [7, 11) is 2.83. The Balaban J connectivity index is 0.00000264. The molecular formula is C14H20BrCl2F3N2O2. The van der Waals surface area contributed by atoms with Crippen molar-refractivity contribution in [1.29, 1.82) is 0 Å². The van der Waals surface area contributed by atoms with Gasteiger partial charge in [0.15, 0.2) is 0 Å². The summed E-state index contributed by atoms with van der Waals surface area (Å²) in [6.07, 6.45) is -4.37. The lowest BCUT2D eigenvalue weighted by Gasteiger charge is -2.36. The smallest absolute Gasteiger partial charge is 0.408 e. The van der Waals surface area contributed by atoms with Gasteiger partial charge in [0.05, 0.1) is 14.2 Å². The summed E-state index contributed by atoms with van der Waals surface area (Å²) in [6, 6.07) is 1.14. The quantitative estimate of drug-likeness (QED) is 0.748. The highest BCUT2D eigenvalue weighted by molar-refractivity contribution is 9.10. The van der Waals surface area contributed by atoms with Gasteiger partial charge in [0, 0.05) is 26.2 Å². The summed E-state index contributed by atoms with van der Waals surface area (Å²) >= 11 is 3.28. The number of hydrogen-bond donors (Lipinski definition) is 1. The molecule has 0 aromatic heterocycles. The lowest BCUT2D eigenvalue weighted by molar-refractivity contribution is -0.187. The number of ether oxygens (including phenoxy) is 2. The summed E-state index contributed by atoms with van der Waals surface area (Å²) in [6.45, 7) is 1.75. The topological polar surface area (TPSA) is 33.7 Å². The number of nitrogens with zero attached hydrogens (tertiary/aromatic N) is 1. The maximum absolute atomic E-state index is 13.6. The van der Waals surface area contributed by atoms with Gasteiger partial charge in [-0.25, -0.2) is 0 Å². The first-order valence-electron chi connectivity index (χ1n) is 6.81. The van der Waals surface area contributed by atoms with Crippen LogP contribution in [0.2, 0.25) is 0 Å². The summed E-state index contributed by atoms with van der Waals surface area (Å²) in [4.78, 5) is 1.43. The van der Waals surface area contributed by atoms with Crippen molar-refractivity contribution in [1.82, 2.24) is 10.2 Å². The molecule has 1 fully saturated rings. The second-order valence-corrected chi connectivity index (χ2v) is 5.76.